The molecular weight excluding hydrogens is 429 g/mol. The van der Waals surface area contributed by atoms with E-state index >= 15 is 0 Å². The van der Waals surface area contributed by atoms with Crippen LogP contribution in [0.4, 0.5) is 5.69 Å². The van der Waals surface area contributed by atoms with Crippen molar-refractivity contribution in [3.05, 3.63) is 50.4 Å². The zero-order valence-electron chi connectivity index (χ0n) is 13.2. The van der Waals surface area contributed by atoms with Crippen molar-refractivity contribution < 1.29 is 9.47 Å². The number of nitriles is 1. The van der Waals surface area contributed by atoms with Gasteiger partial charge in [-0.05, 0) is 53.2 Å². The fourth-order valence-electron chi connectivity index (χ4n) is 1.88. The van der Waals surface area contributed by atoms with Crippen molar-refractivity contribution in [2.75, 3.05) is 18.6 Å². The largest absolute Gasteiger partial charge is 0.490 e. The molecule has 0 atom stereocenters. The van der Waals surface area contributed by atoms with E-state index in [0.29, 0.717) is 33.8 Å². The molecule has 8 heteroatoms. The molecule has 0 aliphatic rings. The molecule has 0 heterocycles. The van der Waals surface area contributed by atoms with E-state index in [-0.39, 0.29) is 6.61 Å². The molecule has 2 aromatic carbocycles. The first-order chi connectivity index (χ1) is 12.0. The van der Waals surface area contributed by atoms with Crippen LogP contribution < -0.4 is 14.9 Å². The summed E-state index contributed by atoms with van der Waals surface area (Å²) in [5, 5.41) is 13.8. The number of benzene rings is 2. The Hall–Kier alpha value is -1.94. The van der Waals surface area contributed by atoms with E-state index in [2.05, 4.69) is 26.5 Å². The van der Waals surface area contributed by atoms with Gasteiger partial charge in [0.1, 0.15) is 6.07 Å². The van der Waals surface area contributed by atoms with Crippen molar-refractivity contribution in [3.8, 4) is 17.6 Å². The van der Waals surface area contributed by atoms with Gasteiger partial charge in [-0.2, -0.15) is 10.4 Å². The average molecular weight is 443 g/mol. The number of hydrogen-bond donors (Lipinski definition) is 1. The summed E-state index contributed by atoms with van der Waals surface area (Å²) in [5.41, 5.74) is 4.37. The van der Waals surface area contributed by atoms with Gasteiger partial charge >= 0.3 is 0 Å². The molecule has 2 rings (SSSR count). The maximum absolute atomic E-state index is 8.66. The molecule has 0 saturated heterocycles. The van der Waals surface area contributed by atoms with Gasteiger partial charge < -0.3 is 9.47 Å². The van der Waals surface area contributed by atoms with E-state index < -0.39 is 0 Å². The quantitative estimate of drug-likeness (QED) is 0.453. The molecule has 2 aromatic rings. The molecule has 0 aliphatic heterocycles. The van der Waals surface area contributed by atoms with Crippen molar-refractivity contribution >= 4 is 51.0 Å². The maximum atomic E-state index is 8.66. The lowest BCUT2D eigenvalue weighted by atomic mass is 10.2. The van der Waals surface area contributed by atoms with Gasteiger partial charge in [0.2, 0.25) is 0 Å². The highest BCUT2D eigenvalue weighted by Gasteiger charge is 2.10. The molecule has 0 aliphatic carbocycles. The van der Waals surface area contributed by atoms with Gasteiger partial charge in [-0.25, -0.2) is 0 Å². The van der Waals surface area contributed by atoms with Gasteiger partial charge in [-0.1, -0.05) is 23.2 Å². The molecule has 0 spiro atoms. The van der Waals surface area contributed by atoms with Crippen molar-refractivity contribution in [2.24, 2.45) is 5.10 Å². The Morgan fingerprint density at radius 1 is 1.20 bits per heavy atom. The molecular formula is C17H14BrCl2N3O2. The van der Waals surface area contributed by atoms with Crippen LogP contribution in [0.5, 0.6) is 11.5 Å². The van der Waals surface area contributed by atoms with Crippen molar-refractivity contribution in [1.29, 1.82) is 5.26 Å². The van der Waals surface area contributed by atoms with Crippen LogP contribution in [0.2, 0.25) is 10.0 Å². The van der Waals surface area contributed by atoms with Crippen LogP contribution >= 0.6 is 39.1 Å². The lowest BCUT2D eigenvalue weighted by Crippen LogP contribution is -2.01. The molecule has 0 amide bonds. The van der Waals surface area contributed by atoms with Crippen LogP contribution in [-0.4, -0.2) is 19.4 Å². The minimum atomic E-state index is -0.0567. The van der Waals surface area contributed by atoms with Crippen molar-refractivity contribution in [1.82, 2.24) is 0 Å². The van der Waals surface area contributed by atoms with Crippen LogP contribution in [0.3, 0.4) is 0 Å². The second kappa shape index (κ2) is 9.52. The molecule has 0 aromatic heterocycles. The number of halogens is 3. The van der Waals surface area contributed by atoms with E-state index in [9.17, 15) is 0 Å². The normalized spacial score (nSPS) is 10.5. The second-order valence-electron chi connectivity index (χ2n) is 4.70. The molecule has 0 radical (unpaired) electrons. The van der Waals surface area contributed by atoms with Crippen LogP contribution in [0.25, 0.3) is 0 Å². The first-order valence-electron chi connectivity index (χ1n) is 7.25. The number of anilines is 1. The summed E-state index contributed by atoms with van der Waals surface area (Å²) in [7, 11) is 0. The minimum absolute atomic E-state index is 0.0567. The number of hydrazone groups is 1. The summed E-state index contributed by atoms with van der Waals surface area (Å²) in [5.74, 6) is 1.03. The monoisotopic (exact) mass is 441 g/mol. The molecule has 5 nitrogen and oxygen atoms in total. The van der Waals surface area contributed by atoms with Crippen LogP contribution in [0, 0.1) is 11.3 Å². The third-order valence-corrected chi connectivity index (χ3v) is 4.40. The molecule has 0 bridgehead atoms. The lowest BCUT2D eigenvalue weighted by Gasteiger charge is -2.12. The minimum Gasteiger partial charge on any atom is -0.490 e. The fraction of sp³-hybridized carbons (Fsp3) is 0.176. The van der Waals surface area contributed by atoms with Gasteiger partial charge in [0.25, 0.3) is 0 Å². The van der Waals surface area contributed by atoms with Gasteiger partial charge in [0, 0.05) is 10.0 Å². The highest BCUT2D eigenvalue weighted by molar-refractivity contribution is 9.10. The molecule has 0 unspecified atom stereocenters. The zero-order valence-corrected chi connectivity index (χ0v) is 16.3. The third kappa shape index (κ3) is 5.53. The number of nitrogens with one attached hydrogen (secondary N) is 1. The molecule has 25 heavy (non-hydrogen) atoms. The molecule has 0 saturated carbocycles. The summed E-state index contributed by atoms with van der Waals surface area (Å²) in [4.78, 5) is 0. The van der Waals surface area contributed by atoms with Crippen LogP contribution in [-0.2, 0) is 0 Å². The van der Waals surface area contributed by atoms with E-state index in [1.807, 2.05) is 13.0 Å². The number of hydrogen-bond acceptors (Lipinski definition) is 5. The maximum Gasteiger partial charge on any atom is 0.174 e. The Morgan fingerprint density at radius 3 is 2.64 bits per heavy atom. The second-order valence-corrected chi connectivity index (χ2v) is 6.37. The summed E-state index contributed by atoms with van der Waals surface area (Å²) < 4.78 is 11.7. The average Bonchev–Trinajstić information content (AvgIpc) is 2.59. The summed E-state index contributed by atoms with van der Waals surface area (Å²) in [6.45, 7) is 2.29. The summed E-state index contributed by atoms with van der Waals surface area (Å²) >= 11 is 15.3. The van der Waals surface area contributed by atoms with Crippen molar-refractivity contribution in [3.63, 3.8) is 0 Å². The Bertz CT molecular complexity index is 822. The molecule has 1 N–H and O–H groups in total. The Balaban J connectivity index is 2.18. The lowest BCUT2D eigenvalue weighted by molar-refractivity contribution is 0.298. The van der Waals surface area contributed by atoms with E-state index in [4.69, 9.17) is 37.9 Å². The number of rotatable bonds is 7. The molecule has 0 fully saturated rings. The van der Waals surface area contributed by atoms with Gasteiger partial charge in [0.15, 0.2) is 18.1 Å². The van der Waals surface area contributed by atoms with Crippen LogP contribution in [0.15, 0.2) is 39.9 Å². The highest BCUT2D eigenvalue weighted by Crippen LogP contribution is 2.33. The van der Waals surface area contributed by atoms with Crippen LogP contribution in [0.1, 0.15) is 12.5 Å². The Kier molecular flexibility index (Phi) is 7.38. The standard InChI is InChI=1S/C17H14BrCl2N3O2/c1-2-24-16-7-11(13(18)9-17(16)25-6-5-21)10-22-23-12-3-4-14(19)15(20)8-12/h3-4,7-10,23H,2,6H2,1H3. The zero-order chi connectivity index (χ0) is 18.2. The van der Waals surface area contributed by atoms with E-state index in [1.54, 1.807) is 36.5 Å². The number of ether oxygens (including phenoxy) is 2. The summed E-state index contributed by atoms with van der Waals surface area (Å²) in [6, 6.07) is 10.6. The van der Waals surface area contributed by atoms with Gasteiger partial charge in [-0.3, -0.25) is 5.43 Å². The molecule has 130 valence electrons. The first kappa shape index (κ1) is 19.4. The predicted octanol–water partition coefficient (Wildman–Crippen LogP) is 5.50. The van der Waals surface area contributed by atoms with E-state index in [1.165, 1.54) is 0 Å². The smallest absolute Gasteiger partial charge is 0.174 e. The summed E-state index contributed by atoms with van der Waals surface area (Å²) in [6.07, 6.45) is 1.63. The Labute approximate surface area is 164 Å². The van der Waals surface area contributed by atoms with Crippen molar-refractivity contribution in [2.45, 2.75) is 6.92 Å². The van der Waals surface area contributed by atoms with Gasteiger partial charge in [0.05, 0.1) is 28.6 Å². The first-order valence-corrected chi connectivity index (χ1v) is 8.80. The Morgan fingerprint density at radius 2 is 1.96 bits per heavy atom. The SMILES string of the molecule is CCOc1cc(C=NNc2ccc(Cl)c(Cl)c2)c(Br)cc1OCC#N. The van der Waals surface area contributed by atoms with E-state index in [0.717, 1.165) is 10.0 Å². The fourth-order valence-corrected chi connectivity index (χ4v) is 2.61. The third-order valence-electron chi connectivity index (χ3n) is 2.97. The number of nitrogens with zero attached hydrogens (tertiary/aromatic N) is 2. The van der Waals surface area contributed by atoms with Gasteiger partial charge in [-0.15, -0.1) is 0 Å². The topological polar surface area (TPSA) is 66.6 Å². The highest BCUT2D eigenvalue weighted by atomic mass is 79.9. The predicted molar refractivity (Wildman–Crippen MR) is 104 cm³/mol.